The Morgan fingerprint density at radius 2 is 2.14 bits per heavy atom. The summed E-state index contributed by atoms with van der Waals surface area (Å²) in [6, 6.07) is 5.36. The summed E-state index contributed by atoms with van der Waals surface area (Å²) in [5.41, 5.74) is 1.34. The second-order valence-electron chi connectivity index (χ2n) is 2.69. The van der Waals surface area contributed by atoms with Crippen LogP contribution in [0.1, 0.15) is 15.9 Å². The standard InChI is InChI=1S/C10H11BrO3/c1-13-6-8-7(10(12)14-2)4-3-5-9(8)11/h3-5H,6H2,1-2H3. The lowest BCUT2D eigenvalue weighted by Gasteiger charge is -2.08. The second kappa shape index (κ2) is 5.12. The molecular formula is C10H11BrO3. The average Bonchev–Trinajstić information content (AvgIpc) is 2.20. The summed E-state index contributed by atoms with van der Waals surface area (Å²) in [6.45, 7) is 0.381. The van der Waals surface area contributed by atoms with E-state index in [1.165, 1.54) is 7.11 Å². The highest BCUT2D eigenvalue weighted by Crippen LogP contribution is 2.22. The van der Waals surface area contributed by atoms with Crippen LogP contribution in [0, 0.1) is 0 Å². The van der Waals surface area contributed by atoms with Gasteiger partial charge < -0.3 is 9.47 Å². The van der Waals surface area contributed by atoms with E-state index < -0.39 is 0 Å². The van der Waals surface area contributed by atoms with Crippen molar-refractivity contribution < 1.29 is 14.3 Å². The van der Waals surface area contributed by atoms with Crippen LogP contribution in [0.25, 0.3) is 0 Å². The first-order valence-corrected chi connectivity index (χ1v) is 4.84. The third-order valence-electron chi connectivity index (χ3n) is 1.81. The molecule has 0 heterocycles. The largest absolute Gasteiger partial charge is 0.465 e. The van der Waals surface area contributed by atoms with Crippen LogP contribution in [0.3, 0.4) is 0 Å². The van der Waals surface area contributed by atoms with Gasteiger partial charge in [-0.3, -0.25) is 0 Å². The van der Waals surface area contributed by atoms with Gasteiger partial charge in [-0.2, -0.15) is 0 Å². The summed E-state index contributed by atoms with van der Waals surface area (Å²) in [5.74, 6) is -0.349. The van der Waals surface area contributed by atoms with Gasteiger partial charge in [0.05, 0.1) is 19.3 Å². The monoisotopic (exact) mass is 258 g/mol. The van der Waals surface area contributed by atoms with Crippen molar-refractivity contribution in [1.82, 2.24) is 0 Å². The Morgan fingerprint density at radius 1 is 1.43 bits per heavy atom. The molecule has 0 N–H and O–H groups in total. The number of ether oxygens (including phenoxy) is 2. The minimum absolute atomic E-state index is 0.349. The van der Waals surface area contributed by atoms with E-state index in [-0.39, 0.29) is 5.97 Å². The molecule has 0 fully saturated rings. The van der Waals surface area contributed by atoms with Crippen LogP contribution >= 0.6 is 15.9 Å². The zero-order valence-electron chi connectivity index (χ0n) is 8.04. The Bertz CT molecular complexity index is 336. The van der Waals surface area contributed by atoms with Crippen molar-refractivity contribution in [2.75, 3.05) is 14.2 Å². The third-order valence-corrected chi connectivity index (χ3v) is 2.56. The molecule has 76 valence electrons. The fourth-order valence-electron chi connectivity index (χ4n) is 1.15. The van der Waals surface area contributed by atoms with Crippen LogP contribution in [-0.4, -0.2) is 20.2 Å². The highest BCUT2D eigenvalue weighted by atomic mass is 79.9. The number of halogens is 1. The van der Waals surface area contributed by atoms with Gasteiger partial charge in [-0.25, -0.2) is 4.79 Å². The van der Waals surface area contributed by atoms with E-state index in [0.29, 0.717) is 12.2 Å². The first-order chi connectivity index (χ1) is 6.70. The predicted molar refractivity (Wildman–Crippen MR) is 56.2 cm³/mol. The number of benzene rings is 1. The quantitative estimate of drug-likeness (QED) is 0.782. The maximum Gasteiger partial charge on any atom is 0.338 e. The van der Waals surface area contributed by atoms with Crippen molar-refractivity contribution in [2.45, 2.75) is 6.61 Å². The van der Waals surface area contributed by atoms with Gasteiger partial charge in [0.25, 0.3) is 0 Å². The number of carbonyl (C=O) groups excluding carboxylic acids is 1. The Hall–Kier alpha value is -0.870. The highest BCUT2D eigenvalue weighted by Gasteiger charge is 2.13. The minimum atomic E-state index is -0.349. The van der Waals surface area contributed by atoms with Crippen LogP contribution in [-0.2, 0) is 16.1 Å². The van der Waals surface area contributed by atoms with E-state index >= 15 is 0 Å². The number of hydrogen-bond acceptors (Lipinski definition) is 3. The van der Waals surface area contributed by atoms with Crippen LogP contribution < -0.4 is 0 Å². The molecule has 0 aliphatic heterocycles. The van der Waals surface area contributed by atoms with Crippen LogP contribution in [0.5, 0.6) is 0 Å². The summed E-state index contributed by atoms with van der Waals surface area (Å²) in [7, 11) is 2.94. The number of rotatable bonds is 3. The van der Waals surface area contributed by atoms with Gasteiger partial charge in [0.1, 0.15) is 0 Å². The van der Waals surface area contributed by atoms with Gasteiger partial charge in [0.2, 0.25) is 0 Å². The molecule has 0 radical (unpaired) electrons. The average molecular weight is 259 g/mol. The summed E-state index contributed by atoms with van der Waals surface area (Å²) in [4.78, 5) is 11.4. The van der Waals surface area contributed by atoms with Gasteiger partial charge in [-0.1, -0.05) is 22.0 Å². The lowest BCUT2D eigenvalue weighted by atomic mass is 10.1. The van der Waals surface area contributed by atoms with Gasteiger partial charge in [0, 0.05) is 17.1 Å². The minimum Gasteiger partial charge on any atom is -0.465 e. The smallest absolute Gasteiger partial charge is 0.338 e. The molecule has 1 aromatic carbocycles. The third kappa shape index (κ3) is 2.33. The normalized spacial score (nSPS) is 9.93. The van der Waals surface area contributed by atoms with Crippen LogP contribution in [0.4, 0.5) is 0 Å². The van der Waals surface area contributed by atoms with Crippen molar-refractivity contribution in [2.24, 2.45) is 0 Å². The van der Waals surface area contributed by atoms with E-state index in [1.54, 1.807) is 19.2 Å². The van der Waals surface area contributed by atoms with Gasteiger partial charge in [-0.05, 0) is 12.1 Å². The predicted octanol–water partition coefficient (Wildman–Crippen LogP) is 2.38. The second-order valence-corrected chi connectivity index (χ2v) is 3.54. The van der Waals surface area contributed by atoms with Crippen molar-refractivity contribution in [1.29, 1.82) is 0 Å². The topological polar surface area (TPSA) is 35.5 Å². The lowest BCUT2D eigenvalue weighted by Crippen LogP contribution is -2.06. The number of esters is 1. The van der Waals surface area contributed by atoms with Crippen LogP contribution in [0.15, 0.2) is 22.7 Å². The van der Waals surface area contributed by atoms with Crippen molar-refractivity contribution >= 4 is 21.9 Å². The van der Waals surface area contributed by atoms with E-state index in [0.717, 1.165) is 10.0 Å². The van der Waals surface area contributed by atoms with E-state index in [4.69, 9.17) is 4.74 Å². The first-order valence-electron chi connectivity index (χ1n) is 4.05. The maximum atomic E-state index is 11.4. The van der Waals surface area contributed by atoms with Gasteiger partial charge >= 0.3 is 5.97 Å². The summed E-state index contributed by atoms with van der Waals surface area (Å²) in [5, 5.41) is 0. The highest BCUT2D eigenvalue weighted by molar-refractivity contribution is 9.10. The number of hydrogen-bond donors (Lipinski definition) is 0. The molecule has 14 heavy (non-hydrogen) atoms. The summed E-state index contributed by atoms with van der Waals surface area (Å²) in [6.07, 6.45) is 0. The molecule has 3 nitrogen and oxygen atoms in total. The molecular weight excluding hydrogens is 248 g/mol. The molecule has 0 spiro atoms. The van der Waals surface area contributed by atoms with Gasteiger partial charge in [0.15, 0.2) is 0 Å². The molecule has 0 aliphatic carbocycles. The number of methoxy groups -OCH3 is 2. The van der Waals surface area contributed by atoms with Gasteiger partial charge in [-0.15, -0.1) is 0 Å². The lowest BCUT2D eigenvalue weighted by molar-refractivity contribution is 0.0595. The molecule has 0 bridgehead atoms. The molecule has 0 saturated heterocycles. The van der Waals surface area contributed by atoms with Crippen molar-refractivity contribution in [3.05, 3.63) is 33.8 Å². The zero-order chi connectivity index (χ0) is 10.6. The zero-order valence-corrected chi connectivity index (χ0v) is 9.63. The van der Waals surface area contributed by atoms with Crippen molar-refractivity contribution in [3.63, 3.8) is 0 Å². The first kappa shape index (κ1) is 11.2. The van der Waals surface area contributed by atoms with Crippen molar-refractivity contribution in [3.8, 4) is 0 Å². The Balaban J connectivity index is 3.13. The molecule has 0 saturated carbocycles. The molecule has 1 rings (SSSR count). The van der Waals surface area contributed by atoms with Crippen LogP contribution in [0.2, 0.25) is 0 Å². The molecule has 0 unspecified atom stereocenters. The molecule has 0 aromatic heterocycles. The fourth-order valence-corrected chi connectivity index (χ4v) is 1.63. The molecule has 0 atom stereocenters. The molecule has 1 aromatic rings. The summed E-state index contributed by atoms with van der Waals surface area (Å²) >= 11 is 3.36. The maximum absolute atomic E-state index is 11.4. The summed E-state index contributed by atoms with van der Waals surface area (Å²) < 4.78 is 10.5. The molecule has 0 aliphatic rings. The molecule has 0 amide bonds. The Labute approximate surface area is 91.1 Å². The molecule has 4 heteroatoms. The number of carbonyl (C=O) groups is 1. The van der Waals surface area contributed by atoms with E-state index in [1.807, 2.05) is 6.07 Å². The Kier molecular flexibility index (Phi) is 4.10. The SMILES string of the molecule is COCc1c(Br)cccc1C(=O)OC. The Morgan fingerprint density at radius 3 is 2.71 bits per heavy atom. The van der Waals surface area contributed by atoms with E-state index in [2.05, 4.69) is 20.7 Å². The van der Waals surface area contributed by atoms with E-state index in [9.17, 15) is 4.79 Å². The fraction of sp³-hybridized carbons (Fsp3) is 0.300.